The second kappa shape index (κ2) is 6.23. The molecule has 0 bridgehead atoms. The van der Waals surface area contributed by atoms with Gasteiger partial charge in [0, 0.05) is 17.9 Å². The summed E-state index contributed by atoms with van der Waals surface area (Å²) in [4.78, 5) is 14.6. The number of benzene rings is 1. The minimum Gasteiger partial charge on any atom is -0.497 e. The molecule has 18 heavy (non-hydrogen) atoms. The summed E-state index contributed by atoms with van der Waals surface area (Å²) in [6, 6.07) is 7.71. The Hall–Kier alpha value is -1.03. The number of carbonyl (C=O) groups excluding carboxylic acids is 1. The van der Waals surface area contributed by atoms with E-state index in [2.05, 4.69) is 15.9 Å². The van der Waals surface area contributed by atoms with Gasteiger partial charge < -0.3 is 9.64 Å². The van der Waals surface area contributed by atoms with E-state index in [1.807, 2.05) is 29.2 Å². The first-order chi connectivity index (χ1) is 8.69. The summed E-state index contributed by atoms with van der Waals surface area (Å²) in [5.41, 5.74) is 1.01. The minimum atomic E-state index is 0.201. The molecule has 0 radical (unpaired) electrons. The number of methoxy groups -OCH3 is 1. The van der Waals surface area contributed by atoms with Gasteiger partial charge >= 0.3 is 0 Å². The predicted molar refractivity (Wildman–Crippen MR) is 75.2 cm³/mol. The van der Waals surface area contributed by atoms with E-state index in [4.69, 9.17) is 4.74 Å². The van der Waals surface area contributed by atoms with Crippen LogP contribution in [0.15, 0.2) is 24.3 Å². The molecule has 1 fully saturated rings. The highest BCUT2D eigenvalue weighted by molar-refractivity contribution is 9.09. The molecule has 1 aliphatic heterocycles. The van der Waals surface area contributed by atoms with Crippen molar-refractivity contribution in [3.05, 3.63) is 29.8 Å². The number of alkyl halides is 1. The molecule has 0 aromatic heterocycles. The number of amides is 1. The van der Waals surface area contributed by atoms with Crippen molar-refractivity contribution < 1.29 is 9.53 Å². The zero-order valence-corrected chi connectivity index (χ0v) is 12.1. The Morgan fingerprint density at radius 3 is 3.11 bits per heavy atom. The lowest BCUT2D eigenvalue weighted by atomic mass is 10.1. The fourth-order valence-electron chi connectivity index (χ4n) is 2.22. The third-order valence-corrected chi connectivity index (χ3v) is 3.95. The van der Waals surface area contributed by atoms with Gasteiger partial charge in [0.15, 0.2) is 0 Å². The lowest BCUT2D eigenvalue weighted by Crippen LogP contribution is -2.41. The van der Waals surface area contributed by atoms with Crippen molar-refractivity contribution >= 4 is 21.8 Å². The van der Waals surface area contributed by atoms with Gasteiger partial charge in [-0.15, -0.1) is 0 Å². The molecule has 2 rings (SSSR count). The second-order valence-electron chi connectivity index (χ2n) is 4.61. The van der Waals surface area contributed by atoms with E-state index in [1.54, 1.807) is 7.11 Å². The van der Waals surface area contributed by atoms with Crippen molar-refractivity contribution in [2.45, 2.75) is 24.1 Å². The van der Waals surface area contributed by atoms with Gasteiger partial charge in [0.05, 0.1) is 13.5 Å². The van der Waals surface area contributed by atoms with Crippen molar-refractivity contribution in [3.63, 3.8) is 0 Å². The van der Waals surface area contributed by atoms with Gasteiger partial charge in [0.25, 0.3) is 0 Å². The molecule has 1 amide bonds. The number of halogens is 1. The Labute approximate surface area is 116 Å². The maximum Gasteiger partial charge on any atom is 0.227 e. The van der Waals surface area contributed by atoms with Crippen LogP contribution in [-0.4, -0.2) is 35.8 Å². The highest BCUT2D eigenvalue weighted by Crippen LogP contribution is 2.19. The molecule has 1 heterocycles. The van der Waals surface area contributed by atoms with E-state index in [0.29, 0.717) is 11.2 Å². The van der Waals surface area contributed by atoms with Gasteiger partial charge in [-0.05, 0) is 30.5 Å². The van der Waals surface area contributed by atoms with E-state index in [1.165, 1.54) is 0 Å². The van der Waals surface area contributed by atoms with Crippen LogP contribution >= 0.6 is 15.9 Å². The molecule has 1 aromatic carbocycles. The molecule has 0 N–H and O–H groups in total. The second-order valence-corrected chi connectivity index (χ2v) is 5.90. The lowest BCUT2D eigenvalue weighted by Gasteiger charge is -2.30. The first kappa shape index (κ1) is 13.4. The average molecular weight is 312 g/mol. The summed E-state index contributed by atoms with van der Waals surface area (Å²) < 4.78 is 5.17. The number of nitrogens with zero attached hydrogens (tertiary/aromatic N) is 1. The molecule has 0 saturated carbocycles. The standard InChI is InChI=1S/C14H18BrNO2/c1-18-13-6-2-4-11(8-13)9-14(17)16-7-3-5-12(15)10-16/h2,4,6,8,12H,3,5,7,9-10H2,1H3. The highest BCUT2D eigenvalue weighted by atomic mass is 79.9. The van der Waals surface area contributed by atoms with E-state index in [-0.39, 0.29) is 5.91 Å². The molecule has 4 heteroatoms. The number of rotatable bonds is 3. The zero-order valence-electron chi connectivity index (χ0n) is 10.6. The van der Waals surface area contributed by atoms with Crippen LogP contribution < -0.4 is 4.74 Å². The molecular formula is C14H18BrNO2. The molecule has 98 valence electrons. The van der Waals surface area contributed by atoms with E-state index < -0.39 is 0 Å². The van der Waals surface area contributed by atoms with E-state index in [9.17, 15) is 4.79 Å². The summed E-state index contributed by atoms with van der Waals surface area (Å²) in [5.74, 6) is 1.00. The van der Waals surface area contributed by atoms with E-state index >= 15 is 0 Å². The van der Waals surface area contributed by atoms with Crippen molar-refractivity contribution in [1.29, 1.82) is 0 Å². The fraction of sp³-hybridized carbons (Fsp3) is 0.500. The van der Waals surface area contributed by atoms with Crippen LogP contribution in [0.5, 0.6) is 5.75 Å². The maximum absolute atomic E-state index is 12.2. The number of piperidine rings is 1. The number of hydrogen-bond donors (Lipinski definition) is 0. The summed E-state index contributed by atoms with van der Waals surface area (Å²) in [7, 11) is 1.64. The minimum absolute atomic E-state index is 0.201. The topological polar surface area (TPSA) is 29.5 Å². The molecule has 3 nitrogen and oxygen atoms in total. The smallest absolute Gasteiger partial charge is 0.227 e. The third kappa shape index (κ3) is 3.48. The van der Waals surface area contributed by atoms with Crippen LogP contribution in [-0.2, 0) is 11.2 Å². The number of likely N-dealkylation sites (tertiary alicyclic amines) is 1. The Balaban J connectivity index is 1.97. The number of ether oxygens (including phenoxy) is 1. The third-order valence-electron chi connectivity index (χ3n) is 3.21. The van der Waals surface area contributed by atoms with Gasteiger partial charge in [-0.25, -0.2) is 0 Å². The van der Waals surface area contributed by atoms with Gasteiger partial charge in [-0.2, -0.15) is 0 Å². The molecule has 1 aromatic rings. The summed E-state index contributed by atoms with van der Waals surface area (Å²) >= 11 is 3.59. The van der Waals surface area contributed by atoms with Crippen LogP contribution in [0.4, 0.5) is 0 Å². The Bertz CT molecular complexity index is 422. The fourth-order valence-corrected chi connectivity index (χ4v) is 2.89. The highest BCUT2D eigenvalue weighted by Gasteiger charge is 2.21. The molecule has 1 saturated heterocycles. The maximum atomic E-state index is 12.2. The Morgan fingerprint density at radius 2 is 2.39 bits per heavy atom. The van der Waals surface area contributed by atoms with Gasteiger partial charge in [0.2, 0.25) is 5.91 Å². The van der Waals surface area contributed by atoms with Crippen molar-refractivity contribution in [2.75, 3.05) is 20.2 Å². The van der Waals surface area contributed by atoms with Crippen molar-refractivity contribution in [2.24, 2.45) is 0 Å². The zero-order chi connectivity index (χ0) is 13.0. The van der Waals surface area contributed by atoms with Crippen molar-refractivity contribution in [1.82, 2.24) is 4.90 Å². The van der Waals surface area contributed by atoms with Crippen molar-refractivity contribution in [3.8, 4) is 5.75 Å². The first-order valence-electron chi connectivity index (χ1n) is 6.24. The lowest BCUT2D eigenvalue weighted by molar-refractivity contribution is -0.131. The largest absolute Gasteiger partial charge is 0.497 e. The summed E-state index contributed by atoms with van der Waals surface area (Å²) in [5, 5.41) is 0. The number of carbonyl (C=O) groups is 1. The Kier molecular flexibility index (Phi) is 4.64. The molecule has 0 spiro atoms. The van der Waals surface area contributed by atoms with Crippen LogP contribution in [0.3, 0.4) is 0 Å². The van der Waals surface area contributed by atoms with Gasteiger partial charge in [0.1, 0.15) is 5.75 Å². The molecule has 1 aliphatic rings. The quantitative estimate of drug-likeness (QED) is 0.803. The van der Waals surface area contributed by atoms with Crippen LogP contribution in [0, 0.1) is 0 Å². The summed E-state index contributed by atoms with van der Waals surface area (Å²) in [6.07, 6.45) is 2.69. The Morgan fingerprint density at radius 1 is 1.56 bits per heavy atom. The normalized spacial score (nSPS) is 19.7. The van der Waals surface area contributed by atoms with Gasteiger partial charge in [-0.1, -0.05) is 28.1 Å². The molecule has 0 aliphatic carbocycles. The molecular weight excluding hydrogens is 294 g/mol. The van der Waals surface area contributed by atoms with E-state index in [0.717, 1.165) is 37.2 Å². The average Bonchev–Trinajstić information content (AvgIpc) is 2.39. The molecule has 1 atom stereocenters. The van der Waals surface area contributed by atoms with Crippen LogP contribution in [0.2, 0.25) is 0 Å². The molecule has 1 unspecified atom stereocenters. The SMILES string of the molecule is COc1cccc(CC(=O)N2CCCC(Br)C2)c1. The van der Waals surface area contributed by atoms with Crippen LogP contribution in [0.1, 0.15) is 18.4 Å². The first-order valence-corrected chi connectivity index (χ1v) is 7.15. The number of hydrogen-bond acceptors (Lipinski definition) is 2. The monoisotopic (exact) mass is 311 g/mol. The predicted octanol–water partition coefficient (Wildman–Crippen LogP) is 2.62. The summed E-state index contributed by atoms with van der Waals surface area (Å²) in [6.45, 7) is 1.70. The van der Waals surface area contributed by atoms with Crippen LogP contribution in [0.25, 0.3) is 0 Å². The van der Waals surface area contributed by atoms with Gasteiger partial charge in [-0.3, -0.25) is 4.79 Å².